The molecule has 0 saturated carbocycles. The number of allylic oxidation sites excluding steroid dienone is 1. The molecule has 2 amide bonds. The fourth-order valence-corrected chi connectivity index (χ4v) is 4.19. The molecule has 166 valence electrons. The summed E-state index contributed by atoms with van der Waals surface area (Å²) in [6.07, 6.45) is 3.90. The summed E-state index contributed by atoms with van der Waals surface area (Å²) in [5, 5.41) is 0.00538. The molecule has 0 aliphatic carbocycles. The Morgan fingerprint density at radius 3 is 2.56 bits per heavy atom. The van der Waals surface area contributed by atoms with Gasteiger partial charge in [-0.1, -0.05) is 17.7 Å². The van der Waals surface area contributed by atoms with Gasteiger partial charge in [-0.2, -0.15) is 0 Å². The van der Waals surface area contributed by atoms with Gasteiger partial charge in [0.25, 0.3) is 11.1 Å². The summed E-state index contributed by atoms with van der Waals surface area (Å²) >= 11 is 6.64. The standard InChI is InChI=1S/C24H22ClNO5S/c1-4-6-17-11-15(12-20(31-5-2)22(17)30-3)13-21-23(28)26(24(29)32-21)14-19(27)16-7-9-18(25)10-8-16/h4,7-13H,1,5-6,14H2,2-3H3/b21-13+. The second-order valence-electron chi connectivity index (χ2n) is 6.84. The molecule has 6 nitrogen and oxygen atoms in total. The Bertz CT molecular complexity index is 1090. The highest BCUT2D eigenvalue weighted by atomic mass is 35.5. The van der Waals surface area contributed by atoms with Crippen LogP contribution in [0.2, 0.25) is 5.02 Å². The zero-order valence-electron chi connectivity index (χ0n) is 17.7. The molecule has 1 heterocycles. The summed E-state index contributed by atoms with van der Waals surface area (Å²) in [6, 6.07) is 9.91. The minimum Gasteiger partial charge on any atom is -0.493 e. The third-order valence-electron chi connectivity index (χ3n) is 4.66. The number of imide groups is 1. The van der Waals surface area contributed by atoms with E-state index in [2.05, 4.69) is 6.58 Å². The van der Waals surface area contributed by atoms with Crippen LogP contribution >= 0.6 is 23.4 Å². The van der Waals surface area contributed by atoms with Crippen LogP contribution in [0.1, 0.15) is 28.4 Å². The molecule has 0 bridgehead atoms. The number of benzene rings is 2. The molecule has 0 radical (unpaired) electrons. The van der Waals surface area contributed by atoms with E-state index in [1.807, 2.05) is 13.0 Å². The summed E-state index contributed by atoms with van der Waals surface area (Å²) in [6.45, 7) is 5.74. The molecule has 0 N–H and O–H groups in total. The van der Waals surface area contributed by atoms with E-state index in [9.17, 15) is 14.4 Å². The van der Waals surface area contributed by atoms with Gasteiger partial charge in [-0.15, -0.1) is 6.58 Å². The van der Waals surface area contributed by atoms with Crippen LogP contribution in [0.5, 0.6) is 11.5 Å². The maximum absolute atomic E-state index is 12.9. The van der Waals surface area contributed by atoms with Crippen molar-refractivity contribution < 1.29 is 23.9 Å². The maximum Gasteiger partial charge on any atom is 0.293 e. The van der Waals surface area contributed by atoms with Gasteiger partial charge in [0.05, 0.1) is 25.2 Å². The smallest absolute Gasteiger partial charge is 0.293 e. The predicted molar refractivity (Wildman–Crippen MR) is 127 cm³/mol. The summed E-state index contributed by atoms with van der Waals surface area (Å²) in [4.78, 5) is 39.0. The Hall–Kier alpha value is -3.03. The molecule has 1 aliphatic heterocycles. The molecular formula is C24H22ClNO5S. The Morgan fingerprint density at radius 1 is 1.22 bits per heavy atom. The second kappa shape index (κ2) is 10.5. The van der Waals surface area contributed by atoms with Crippen LogP contribution in [0, 0.1) is 0 Å². The average molecular weight is 472 g/mol. The first-order valence-corrected chi connectivity index (χ1v) is 11.1. The highest BCUT2D eigenvalue weighted by molar-refractivity contribution is 8.18. The lowest BCUT2D eigenvalue weighted by molar-refractivity contribution is -0.122. The number of carbonyl (C=O) groups excluding carboxylic acids is 3. The van der Waals surface area contributed by atoms with Gasteiger partial charge in [0.15, 0.2) is 17.3 Å². The molecule has 2 aromatic rings. The first kappa shape index (κ1) is 23.6. The Morgan fingerprint density at radius 2 is 1.94 bits per heavy atom. The van der Waals surface area contributed by atoms with Crippen molar-refractivity contribution in [3.8, 4) is 11.5 Å². The molecular weight excluding hydrogens is 450 g/mol. The van der Waals surface area contributed by atoms with Crippen LogP contribution in [0.4, 0.5) is 4.79 Å². The number of amides is 2. The Kier molecular flexibility index (Phi) is 7.77. The van der Waals surface area contributed by atoms with Gasteiger partial charge in [0.2, 0.25) is 0 Å². The lowest BCUT2D eigenvalue weighted by atomic mass is 10.0. The number of hydrogen-bond acceptors (Lipinski definition) is 6. The predicted octanol–water partition coefficient (Wildman–Crippen LogP) is 5.40. The van der Waals surface area contributed by atoms with Gasteiger partial charge < -0.3 is 9.47 Å². The van der Waals surface area contributed by atoms with Crippen LogP contribution in [-0.2, 0) is 11.2 Å². The fourth-order valence-electron chi connectivity index (χ4n) is 3.23. The van der Waals surface area contributed by atoms with Crippen LogP contribution in [-0.4, -0.2) is 42.1 Å². The summed E-state index contributed by atoms with van der Waals surface area (Å²) in [5.41, 5.74) is 1.90. The largest absolute Gasteiger partial charge is 0.493 e. The summed E-state index contributed by atoms with van der Waals surface area (Å²) < 4.78 is 11.2. The van der Waals surface area contributed by atoms with Gasteiger partial charge in [-0.3, -0.25) is 19.3 Å². The molecule has 1 saturated heterocycles. The normalized spacial score (nSPS) is 14.7. The van der Waals surface area contributed by atoms with Gasteiger partial charge in [0.1, 0.15) is 0 Å². The van der Waals surface area contributed by atoms with E-state index in [-0.39, 0.29) is 17.2 Å². The molecule has 3 rings (SSSR count). The highest BCUT2D eigenvalue weighted by Gasteiger charge is 2.36. The van der Waals surface area contributed by atoms with Crippen LogP contribution < -0.4 is 9.47 Å². The number of carbonyl (C=O) groups is 3. The number of Topliss-reactive ketones (excluding diaryl/α,β-unsaturated/α-hetero) is 1. The molecule has 32 heavy (non-hydrogen) atoms. The number of hydrogen-bond donors (Lipinski definition) is 0. The first-order valence-electron chi connectivity index (χ1n) is 9.86. The lowest BCUT2D eigenvalue weighted by Crippen LogP contribution is -2.33. The minimum atomic E-state index is -0.513. The van der Waals surface area contributed by atoms with Crippen molar-refractivity contribution in [2.45, 2.75) is 13.3 Å². The Balaban J connectivity index is 1.87. The topological polar surface area (TPSA) is 72.9 Å². The zero-order valence-corrected chi connectivity index (χ0v) is 19.3. The van der Waals surface area contributed by atoms with Crippen molar-refractivity contribution in [1.29, 1.82) is 0 Å². The number of rotatable bonds is 9. The van der Waals surface area contributed by atoms with Crippen molar-refractivity contribution in [2.75, 3.05) is 20.3 Å². The number of ketones is 1. The van der Waals surface area contributed by atoms with E-state index in [4.69, 9.17) is 21.1 Å². The van der Waals surface area contributed by atoms with Crippen molar-refractivity contribution in [1.82, 2.24) is 4.90 Å². The number of ether oxygens (including phenoxy) is 2. The average Bonchev–Trinajstić information content (AvgIpc) is 3.02. The molecule has 2 aromatic carbocycles. The van der Waals surface area contributed by atoms with Gasteiger partial charge in [-0.25, -0.2) is 0 Å². The molecule has 0 atom stereocenters. The van der Waals surface area contributed by atoms with Gasteiger partial charge in [-0.05, 0) is 73.1 Å². The Labute approximate surface area is 195 Å². The van der Waals surface area contributed by atoms with Gasteiger partial charge >= 0.3 is 0 Å². The minimum absolute atomic E-state index is 0.232. The molecule has 8 heteroatoms. The second-order valence-corrected chi connectivity index (χ2v) is 8.26. The van der Waals surface area contributed by atoms with Crippen LogP contribution in [0.25, 0.3) is 6.08 Å². The number of methoxy groups -OCH3 is 1. The fraction of sp³-hybridized carbons (Fsp3) is 0.208. The molecule has 0 unspecified atom stereocenters. The molecule has 0 spiro atoms. The first-order chi connectivity index (χ1) is 15.4. The number of thioether (sulfide) groups is 1. The number of halogens is 1. The van der Waals surface area contributed by atoms with E-state index in [0.717, 1.165) is 22.2 Å². The van der Waals surface area contributed by atoms with Crippen LogP contribution in [0.3, 0.4) is 0 Å². The van der Waals surface area contributed by atoms with Gasteiger partial charge in [0, 0.05) is 16.1 Å². The van der Waals surface area contributed by atoms with Crippen molar-refractivity contribution in [3.05, 3.63) is 75.7 Å². The van der Waals surface area contributed by atoms with E-state index in [1.165, 1.54) is 0 Å². The quantitative estimate of drug-likeness (QED) is 0.277. The monoisotopic (exact) mass is 471 g/mol. The summed E-state index contributed by atoms with van der Waals surface area (Å²) in [7, 11) is 1.56. The molecule has 0 aromatic heterocycles. The van der Waals surface area contributed by atoms with E-state index >= 15 is 0 Å². The molecule has 1 aliphatic rings. The van der Waals surface area contributed by atoms with E-state index < -0.39 is 11.1 Å². The third kappa shape index (κ3) is 5.23. The van der Waals surface area contributed by atoms with E-state index in [1.54, 1.807) is 49.6 Å². The zero-order chi connectivity index (χ0) is 23.3. The lowest BCUT2D eigenvalue weighted by Gasteiger charge is -2.14. The molecule has 1 fully saturated rings. The van der Waals surface area contributed by atoms with Crippen molar-refractivity contribution >= 4 is 46.4 Å². The summed E-state index contributed by atoms with van der Waals surface area (Å²) in [5.74, 6) is 0.284. The highest BCUT2D eigenvalue weighted by Crippen LogP contribution is 2.37. The SMILES string of the molecule is C=CCc1cc(/C=C2/SC(=O)N(CC(=O)c3ccc(Cl)cc3)C2=O)cc(OCC)c1OC. The van der Waals surface area contributed by atoms with Crippen LogP contribution in [0.15, 0.2) is 54.0 Å². The van der Waals surface area contributed by atoms with Crippen molar-refractivity contribution in [2.24, 2.45) is 0 Å². The third-order valence-corrected chi connectivity index (χ3v) is 5.82. The van der Waals surface area contributed by atoms with Crippen molar-refractivity contribution in [3.63, 3.8) is 0 Å². The number of nitrogens with zero attached hydrogens (tertiary/aromatic N) is 1. The van der Waals surface area contributed by atoms with E-state index in [0.29, 0.717) is 40.7 Å². The maximum atomic E-state index is 12.9.